The number of amides is 4. The summed E-state index contributed by atoms with van der Waals surface area (Å²) in [5.41, 5.74) is 16.0. The number of carboxylic acid groups (broad SMARTS) is 2. The Bertz CT molecular complexity index is 760. The van der Waals surface area contributed by atoms with Crippen molar-refractivity contribution in [3.05, 3.63) is 0 Å². The first kappa shape index (κ1) is 31.7. The van der Waals surface area contributed by atoms with E-state index in [0.29, 0.717) is 19.4 Å². The number of primary amides is 1. The number of hydrogen-bond acceptors (Lipinski definition) is 8. The maximum atomic E-state index is 12.9. The molecule has 0 saturated heterocycles. The van der Waals surface area contributed by atoms with Gasteiger partial charge in [-0.15, -0.1) is 0 Å². The molecule has 200 valence electrons. The van der Waals surface area contributed by atoms with Crippen molar-refractivity contribution in [2.45, 2.75) is 83.0 Å². The summed E-state index contributed by atoms with van der Waals surface area (Å²) < 4.78 is 0. The summed E-state index contributed by atoms with van der Waals surface area (Å²) in [6.07, 6.45) is 0.0651. The third-order valence-corrected chi connectivity index (χ3v) is 4.94. The van der Waals surface area contributed by atoms with Crippen LogP contribution in [0.3, 0.4) is 0 Å². The predicted molar refractivity (Wildman–Crippen MR) is 124 cm³/mol. The molecule has 14 nitrogen and oxygen atoms in total. The van der Waals surface area contributed by atoms with E-state index >= 15 is 0 Å². The summed E-state index contributed by atoms with van der Waals surface area (Å²) in [6.45, 7) is 3.95. The number of carbonyl (C=O) groups is 6. The quantitative estimate of drug-likeness (QED) is 0.0935. The van der Waals surface area contributed by atoms with Gasteiger partial charge in [0.15, 0.2) is 0 Å². The predicted octanol–water partition coefficient (Wildman–Crippen LogP) is -2.23. The second-order valence-corrected chi connectivity index (χ2v) is 8.65. The highest BCUT2D eigenvalue weighted by Crippen LogP contribution is 2.09. The number of nitrogens with two attached hydrogens (primary N) is 3. The number of carboxylic acids is 2. The topological polar surface area (TPSA) is 257 Å². The van der Waals surface area contributed by atoms with Crippen LogP contribution in [0.25, 0.3) is 0 Å². The molecule has 0 saturated carbocycles. The first-order valence-electron chi connectivity index (χ1n) is 11.4. The molecule has 0 spiro atoms. The molecule has 0 fully saturated rings. The van der Waals surface area contributed by atoms with Crippen LogP contribution >= 0.6 is 0 Å². The molecule has 4 unspecified atom stereocenters. The Morgan fingerprint density at radius 1 is 0.800 bits per heavy atom. The van der Waals surface area contributed by atoms with Crippen LogP contribution in [0, 0.1) is 5.92 Å². The Morgan fingerprint density at radius 2 is 1.34 bits per heavy atom. The van der Waals surface area contributed by atoms with Crippen molar-refractivity contribution in [1.82, 2.24) is 16.0 Å². The fraction of sp³-hybridized carbons (Fsp3) is 0.714. The zero-order valence-corrected chi connectivity index (χ0v) is 20.1. The summed E-state index contributed by atoms with van der Waals surface area (Å²) in [5, 5.41) is 25.5. The average molecular weight is 503 g/mol. The maximum absolute atomic E-state index is 12.9. The molecule has 14 heteroatoms. The number of aliphatic carboxylic acids is 2. The summed E-state index contributed by atoms with van der Waals surface area (Å²) in [6, 6.07) is -5.07. The zero-order chi connectivity index (χ0) is 27.1. The van der Waals surface area contributed by atoms with Crippen LogP contribution in [0.1, 0.15) is 58.8 Å². The zero-order valence-electron chi connectivity index (χ0n) is 20.1. The van der Waals surface area contributed by atoms with Crippen molar-refractivity contribution in [3.63, 3.8) is 0 Å². The Morgan fingerprint density at radius 3 is 1.83 bits per heavy atom. The van der Waals surface area contributed by atoms with E-state index in [0.717, 1.165) is 0 Å². The molecule has 0 aliphatic heterocycles. The SMILES string of the molecule is CC(C)CC(NC(=O)C(CCC(=O)O)NC(=O)C(N)CC(N)=O)C(=O)NC(CCCCN)C(=O)O. The molecule has 0 radical (unpaired) electrons. The van der Waals surface area contributed by atoms with Crippen LogP contribution in [0.15, 0.2) is 0 Å². The van der Waals surface area contributed by atoms with E-state index in [1.165, 1.54) is 0 Å². The average Bonchev–Trinajstić information content (AvgIpc) is 2.73. The van der Waals surface area contributed by atoms with Crippen LogP contribution in [0.4, 0.5) is 0 Å². The van der Waals surface area contributed by atoms with Crippen LogP contribution in [-0.2, 0) is 28.8 Å². The molecule has 0 heterocycles. The number of nitrogens with one attached hydrogen (secondary N) is 3. The Balaban J connectivity index is 5.53. The highest BCUT2D eigenvalue weighted by Gasteiger charge is 2.31. The van der Waals surface area contributed by atoms with E-state index in [-0.39, 0.29) is 25.2 Å². The molecule has 0 aromatic heterocycles. The molecule has 0 rings (SSSR count). The van der Waals surface area contributed by atoms with Crippen molar-refractivity contribution in [2.24, 2.45) is 23.1 Å². The van der Waals surface area contributed by atoms with E-state index in [1.807, 2.05) is 0 Å². The fourth-order valence-electron chi connectivity index (χ4n) is 3.12. The summed E-state index contributed by atoms with van der Waals surface area (Å²) >= 11 is 0. The third-order valence-electron chi connectivity index (χ3n) is 4.94. The molecule has 0 aromatic rings. The van der Waals surface area contributed by atoms with Gasteiger partial charge in [-0.3, -0.25) is 24.0 Å². The molecular formula is C21H38N6O8. The van der Waals surface area contributed by atoms with E-state index in [4.69, 9.17) is 22.3 Å². The summed E-state index contributed by atoms with van der Waals surface area (Å²) in [4.78, 5) is 71.5. The largest absolute Gasteiger partial charge is 0.481 e. The van der Waals surface area contributed by atoms with Crippen LogP contribution < -0.4 is 33.2 Å². The van der Waals surface area contributed by atoms with Gasteiger partial charge in [-0.2, -0.15) is 0 Å². The molecule has 0 bridgehead atoms. The molecule has 0 aliphatic carbocycles. The first-order valence-corrected chi connectivity index (χ1v) is 11.4. The molecule has 35 heavy (non-hydrogen) atoms. The van der Waals surface area contributed by atoms with Gasteiger partial charge < -0.3 is 43.4 Å². The Hall–Kier alpha value is -3.26. The molecule has 4 atom stereocenters. The van der Waals surface area contributed by atoms with Crippen LogP contribution in [0.2, 0.25) is 0 Å². The summed E-state index contributed by atoms with van der Waals surface area (Å²) in [7, 11) is 0. The van der Waals surface area contributed by atoms with E-state index in [9.17, 15) is 33.9 Å². The minimum Gasteiger partial charge on any atom is -0.481 e. The normalized spacial score (nSPS) is 14.3. The van der Waals surface area contributed by atoms with E-state index in [1.54, 1.807) is 13.8 Å². The minimum atomic E-state index is -1.38. The second kappa shape index (κ2) is 16.4. The lowest BCUT2D eigenvalue weighted by Gasteiger charge is -2.26. The number of carbonyl (C=O) groups excluding carboxylic acids is 4. The molecule has 0 aromatic carbocycles. The Labute approximate surface area is 203 Å². The number of unbranched alkanes of at least 4 members (excludes halogenated alkanes) is 1. The van der Waals surface area contributed by atoms with Crippen LogP contribution in [-0.4, -0.2) is 76.5 Å². The molecule has 4 amide bonds. The van der Waals surface area contributed by atoms with Gasteiger partial charge >= 0.3 is 11.9 Å². The first-order chi connectivity index (χ1) is 16.3. The lowest BCUT2D eigenvalue weighted by molar-refractivity contribution is -0.142. The van der Waals surface area contributed by atoms with Crippen molar-refractivity contribution < 1.29 is 39.0 Å². The van der Waals surface area contributed by atoms with Crippen molar-refractivity contribution in [3.8, 4) is 0 Å². The summed E-state index contributed by atoms with van der Waals surface area (Å²) in [5.74, 6) is -5.88. The molecule has 0 aliphatic rings. The minimum absolute atomic E-state index is 0.0809. The van der Waals surface area contributed by atoms with Gasteiger partial charge in [0.1, 0.15) is 18.1 Å². The van der Waals surface area contributed by atoms with Crippen molar-refractivity contribution in [2.75, 3.05) is 6.54 Å². The van der Waals surface area contributed by atoms with E-state index in [2.05, 4.69) is 16.0 Å². The smallest absolute Gasteiger partial charge is 0.326 e. The van der Waals surface area contributed by atoms with Gasteiger partial charge in [0, 0.05) is 6.42 Å². The van der Waals surface area contributed by atoms with E-state index < -0.39 is 72.6 Å². The van der Waals surface area contributed by atoms with Gasteiger partial charge in [-0.05, 0) is 44.6 Å². The standard InChI is InChI=1S/C21H38N6O8/c1-11(2)9-15(20(33)26-14(21(34)35)5-3-4-8-22)27-19(32)13(6-7-17(29)30)25-18(31)12(23)10-16(24)28/h11-15H,3-10,22-23H2,1-2H3,(H2,24,28)(H,25,31)(H,26,33)(H,27,32)(H,29,30)(H,34,35). The lowest BCUT2D eigenvalue weighted by Crippen LogP contribution is -2.57. The monoisotopic (exact) mass is 502 g/mol. The maximum Gasteiger partial charge on any atom is 0.326 e. The van der Waals surface area contributed by atoms with Gasteiger partial charge in [-0.1, -0.05) is 13.8 Å². The third kappa shape index (κ3) is 13.9. The molecule has 11 N–H and O–H groups in total. The van der Waals surface area contributed by atoms with Crippen LogP contribution in [0.5, 0.6) is 0 Å². The highest BCUT2D eigenvalue weighted by atomic mass is 16.4. The highest BCUT2D eigenvalue weighted by molar-refractivity contribution is 5.95. The van der Waals surface area contributed by atoms with Gasteiger partial charge in [-0.25, -0.2) is 4.79 Å². The lowest BCUT2D eigenvalue weighted by atomic mass is 10.0. The second-order valence-electron chi connectivity index (χ2n) is 8.65. The van der Waals surface area contributed by atoms with Crippen molar-refractivity contribution >= 4 is 35.6 Å². The fourth-order valence-corrected chi connectivity index (χ4v) is 3.12. The van der Waals surface area contributed by atoms with Gasteiger partial charge in [0.2, 0.25) is 23.6 Å². The van der Waals surface area contributed by atoms with Gasteiger partial charge in [0.25, 0.3) is 0 Å². The molecular weight excluding hydrogens is 464 g/mol. The van der Waals surface area contributed by atoms with Crippen molar-refractivity contribution in [1.29, 1.82) is 0 Å². The number of rotatable bonds is 18. The number of hydrogen-bond donors (Lipinski definition) is 8. The van der Waals surface area contributed by atoms with Gasteiger partial charge in [0.05, 0.1) is 12.5 Å². The Kier molecular flexibility index (Phi) is 14.9.